The summed E-state index contributed by atoms with van der Waals surface area (Å²) in [6.45, 7) is 6.04. The summed E-state index contributed by atoms with van der Waals surface area (Å²) in [7, 11) is 0. The SMILES string of the molecule is C=CCOc1ccc(C(=O)Nc2cc(CC)[nH]n2)cc1. The minimum Gasteiger partial charge on any atom is -0.490 e. The predicted octanol–water partition coefficient (Wildman–Crippen LogP) is 2.79. The maximum atomic E-state index is 12.0. The van der Waals surface area contributed by atoms with Crippen LogP contribution >= 0.6 is 0 Å². The maximum Gasteiger partial charge on any atom is 0.256 e. The highest BCUT2D eigenvalue weighted by Crippen LogP contribution is 2.14. The van der Waals surface area contributed by atoms with Crippen LogP contribution in [0.25, 0.3) is 0 Å². The number of aryl methyl sites for hydroxylation is 1. The van der Waals surface area contributed by atoms with E-state index in [0.717, 1.165) is 12.1 Å². The first-order valence-electron chi connectivity index (χ1n) is 6.42. The zero-order chi connectivity index (χ0) is 14.4. The van der Waals surface area contributed by atoms with Crippen molar-refractivity contribution in [2.24, 2.45) is 0 Å². The second-order valence-electron chi connectivity index (χ2n) is 4.21. The molecule has 0 atom stereocenters. The van der Waals surface area contributed by atoms with Crippen LogP contribution in [0.2, 0.25) is 0 Å². The summed E-state index contributed by atoms with van der Waals surface area (Å²) in [5.41, 5.74) is 1.53. The van der Waals surface area contributed by atoms with Crippen molar-refractivity contribution in [2.75, 3.05) is 11.9 Å². The van der Waals surface area contributed by atoms with E-state index in [9.17, 15) is 4.79 Å². The van der Waals surface area contributed by atoms with Crippen molar-refractivity contribution in [3.8, 4) is 5.75 Å². The molecule has 2 aromatic rings. The molecule has 0 aliphatic heterocycles. The minimum atomic E-state index is -0.200. The van der Waals surface area contributed by atoms with Crippen LogP contribution in [0.3, 0.4) is 0 Å². The minimum absolute atomic E-state index is 0.200. The fourth-order valence-electron chi connectivity index (χ4n) is 1.65. The van der Waals surface area contributed by atoms with Gasteiger partial charge in [0, 0.05) is 17.3 Å². The van der Waals surface area contributed by atoms with Crippen molar-refractivity contribution in [1.82, 2.24) is 10.2 Å². The normalized spacial score (nSPS) is 10.1. The van der Waals surface area contributed by atoms with Gasteiger partial charge in [0.05, 0.1) is 0 Å². The van der Waals surface area contributed by atoms with Crippen LogP contribution in [0.15, 0.2) is 43.0 Å². The smallest absolute Gasteiger partial charge is 0.256 e. The van der Waals surface area contributed by atoms with E-state index in [0.29, 0.717) is 23.7 Å². The molecule has 1 aromatic heterocycles. The molecule has 0 saturated carbocycles. The lowest BCUT2D eigenvalue weighted by atomic mass is 10.2. The van der Waals surface area contributed by atoms with Gasteiger partial charge in [0.2, 0.25) is 0 Å². The molecule has 1 heterocycles. The number of benzene rings is 1. The van der Waals surface area contributed by atoms with E-state index in [4.69, 9.17) is 4.74 Å². The number of anilines is 1. The molecule has 5 heteroatoms. The third-order valence-electron chi connectivity index (χ3n) is 2.74. The fraction of sp³-hybridized carbons (Fsp3) is 0.200. The van der Waals surface area contributed by atoms with Gasteiger partial charge in [-0.3, -0.25) is 9.89 Å². The van der Waals surface area contributed by atoms with Crippen molar-refractivity contribution < 1.29 is 9.53 Å². The largest absolute Gasteiger partial charge is 0.490 e. The van der Waals surface area contributed by atoms with E-state index in [1.54, 1.807) is 30.3 Å². The van der Waals surface area contributed by atoms with E-state index in [-0.39, 0.29) is 5.91 Å². The third-order valence-corrected chi connectivity index (χ3v) is 2.74. The van der Waals surface area contributed by atoms with Crippen molar-refractivity contribution in [3.63, 3.8) is 0 Å². The van der Waals surface area contributed by atoms with Gasteiger partial charge in [0.25, 0.3) is 5.91 Å². The number of nitrogens with zero attached hydrogens (tertiary/aromatic N) is 1. The number of hydrogen-bond donors (Lipinski definition) is 2. The van der Waals surface area contributed by atoms with Crippen LogP contribution < -0.4 is 10.1 Å². The lowest BCUT2D eigenvalue weighted by molar-refractivity contribution is 0.102. The molecular formula is C15H17N3O2. The first-order valence-corrected chi connectivity index (χ1v) is 6.42. The van der Waals surface area contributed by atoms with Gasteiger partial charge in [-0.2, -0.15) is 5.10 Å². The topological polar surface area (TPSA) is 67.0 Å². The van der Waals surface area contributed by atoms with E-state index >= 15 is 0 Å². The summed E-state index contributed by atoms with van der Waals surface area (Å²) < 4.78 is 5.36. The molecular weight excluding hydrogens is 254 g/mol. The Bertz CT molecular complexity index is 587. The summed E-state index contributed by atoms with van der Waals surface area (Å²) in [6, 6.07) is 8.74. The predicted molar refractivity (Wildman–Crippen MR) is 78.1 cm³/mol. The number of rotatable bonds is 6. The maximum absolute atomic E-state index is 12.0. The van der Waals surface area contributed by atoms with E-state index in [1.807, 2.05) is 13.0 Å². The molecule has 0 radical (unpaired) electrons. The zero-order valence-corrected chi connectivity index (χ0v) is 11.3. The molecule has 20 heavy (non-hydrogen) atoms. The Morgan fingerprint density at radius 3 is 2.80 bits per heavy atom. The molecule has 1 amide bonds. The Kier molecular flexibility index (Phi) is 4.55. The average molecular weight is 271 g/mol. The highest BCUT2D eigenvalue weighted by atomic mass is 16.5. The Balaban J connectivity index is 1.99. The molecule has 0 saturated heterocycles. The van der Waals surface area contributed by atoms with E-state index < -0.39 is 0 Å². The number of aromatic nitrogens is 2. The molecule has 0 aliphatic rings. The molecule has 0 spiro atoms. The first-order chi connectivity index (χ1) is 9.72. The molecule has 0 unspecified atom stereocenters. The Labute approximate surface area is 117 Å². The van der Waals surface area contributed by atoms with E-state index in [1.165, 1.54) is 0 Å². The van der Waals surface area contributed by atoms with Crippen LogP contribution in [0.1, 0.15) is 23.0 Å². The van der Waals surface area contributed by atoms with Crippen LogP contribution in [-0.4, -0.2) is 22.7 Å². The lowest BCUT2D eigenvalue weighted by Gasteiger charge is -2.05. The Morgan fingerprint density at radius 1 is 1.45 bits per heavy atom. The summed E-state index contributed by atoms with van der Waals surface area (Å²) in [6.07, 6.45) is 2.52. The number of nitrogens with one attached hydrogen (secondary N) is 2. The third kappa shape index (κ3) is 3.47. The van der Waals surface area contributed by atoms with Gasteiger partial charge in [0.15, 0.2) is 5.82 Å². The van der Waals surface area contributed by atoms with Crippen molar-refractivity contribution in [1.29, 1.82) is 0 Å². The summed E-state index contributed by atoms with van der Waals surface area (Å²) in [4.78, 5) is 12.0. The monoisotopic (exact) mass is 271 g/mol. The molecule has 2 N–H and O–H groups in total. The van der Waals surface area contributed by atoms with Crippen molar-refractivity contribution in [2.45, 2.75) is 13.3 Å². The number of carbonyl (C=O) groups is 1. The molecule has 2 rings (SSSR count). The standard InChI is InChI=1S/C15H17N3O2/c1-3-9-20-13-7-5-11(6-8-13)15(19)16-14-10-12(4-2)17-18-14/h3,5-8,10H,1,4,9H2,2H3,(H2,16,17,18,19). The van der Waals surface area contributed by atoms with Gasteiger partial charge in [-0.15, -0.1) is 0 Å². The Hall–Kier alpha value is -2.56. The van der Waals surface area contributed by atoms with Crippen molar-refractivity contribution in [3.05, 3.63) is 54.2 Å². The number of H-pyrrole nitrogens is 1. The van der Waals surface area contributed by atoms with Gasteiger partial charge >= 0.3 is 0 Å². The van der Waals surface area contributed by atoms with Crippen molar-refractivity contribution >= 4 is 11.7 Å². The molecule has 0 bridgehead atoms. The van der Waals surface area contributed by atoms with Crippen LogP contribution in [0, 0.1) is 0 Å². The molecule has 5 nitrogen and oxygen atoms in total. The first kappa shape index (κ1) is 13.9. The second-order valence-corrected chi connectivity index (χ2v) is 4.21. The number of hydrogen-bond acceptors (Lipinski definition) is 3. The highest BCUT2D eigenvalue weighted by Gasteiger charge is 2.08. The highest BCUT2D eigenvalue weighted by molar-refractivity contribution is 6.03. The number of amides is 1. The van der Waals surface area contributed by atoms with Crippen LogP contribution in [0.4, 0.5) is 5.82 Å². The molecule has 104 valence electrons. The molecule has 1 aromatic carbocycles. The summed E-state index contributed by atoms with van der Waals surface area (Å²) in [5.74, 6) is 1.03. The number of aromatic amines is 1. The molecule has 0 fully saturated rings. The zero-order valence-electron chi connectivity index (χ0n) is 11.3. The van der Waals surface area contributed by atoms with Crippen LogP contribution in [0.5, 0.6) is 5.75 Å². The van der Waals surface area contributed by atoms with Gasteiger partial charge in [0.1, 0.15) is 12.4 Å². The Morgan fingerprint density at radius 2 is 2.20 bits per heavy atom. The molecule has 0 aliphatic carbocycles. The number of ether oxygens (including phenoxy) is 1. The quantitative estimate of drug-likeness (QED) is 0.794. The lowest BCUT2D eigenvalue weighted by Crippen LogP contribution is -2.12. The second kappa shape index (κ2) is 6.56. The van der Waals surface area contributed by atoms with Gasteiger partial charge < -0.3 is 10.1 Å². The van der Waals surface area contributed by atoms with Gasteiger partial charge in [-0.25, -0.2) is 0 Å². The summed E-state index contributed by atoms with van der Waals surface area (Å²) >= 11 is 0. The van der Waals surface area contributed by atoms with Gasteiger partial charge in [-0.1, -0.05) is 19.6 Å². The fourth-order valence-corrected chi connectivity index (χ4v) is 1.65. The van der Waals surface area contributed by atoms with E-state index in [2.05, 4.69) is 22.1 Å². The van der Waals surface area contributed by atoms with Crippen LogP contribution in [-0.2, 0) is 6.42 Å². The average Bonchev–Trinajstić information content (AvgIpc) is 2.93. The summed E-state index contributed by atoms with van der Waals surface area (Å²) in [5, 5.41) is 9.61. The number of carbonyl (C=O) groups excluding carboxylic acids is 1. The van der Waals surface area contributed by atoms with Gasteiger partial charge in [-0.05, 0) is 30.7 Å².